The first-order valence-electron chi connectivity index (χ1n) is 12.0. The van der Waals surface area contributed by atoms with Crippen molar-refractivity contribution in [1.29, 1.82) is 0 Å². The van der Waals surface area contributed by atoms with Gasteiger partial charge in [-0.1, -0.05) is 39.0 Å². The molecule has 2 rings (SSSR count). The first-order valence-corrected chi connectivity index (χ1v) is 12.0. The smallest absolute Gasteiger partial charge is 0.253 e. The van der Waals surface area contributed by atoms with Crippen LogP contribution in [-0.2, 0) is 5.41 Å². The van der Waals surface area contributed by atoms with E-state index in [4.69, 9.17) is 9.47 Å². The lowest BCUT2D eigenvalue weighted by atomic mass is 9.84. The van der Waals surface area contributed by atoms with E-state index in [0.29, 0.717) is 22.6 Å². The average Bonchev–Trinajstić information content (AvgIpc) is 2.69. The fourth-order valence-corrected chi connectivity index (χ4v) is 3.46. The molecule has 0 spiro atoms. The van der Waals surface area contributed by atoms with E-state index >= 15 is 0 Å². The summed E-state index contributed by atoms with van der Waals surface area (Å²) >= 11 is 0. The predicted molar refractivity (Wildman–Crippen MR) is 144 cm³/mol. The molecule has 2 aromatic carbocycles. The largest absolute Gasteiger partial charge is 0.487 e. The number of carbonyl (C=O) groups is 2. The van der Waals surface area contributed by atoms with Gasteiger partial charge in [-0.15, -0.1) is 0 Å². The summed E-state index contributed by atoms with van der Waals surface area (Å²) in [6, 6.07) is 10.7. The number of benzene rings is 2. The Bertz CT molecular complexity index is 1090. The van der Waals surface area contributed by atoms with Crippen molar-refractivity contribution in [2.24, 2.45) is 0 Å². The Kier molecular flexibility index (Phi) is 8.26. The van der Waals surface area contributed by atoms with Gasteiger partial charge in [0.1, 0.15) is 22.7 Å². The average molecular weight is 480 g/mol. The minimum absolute atomic E-state index is 0.105. The summed E-state index contributed by atoms with van der Waals surface area (Å²) in [7, 11) is 3.40. The number of amides is 1. The molecule has 0 atom stereocenters. The highest BCUT2D eigenvalue weighted by molar-refractivity contribution is 6.07. The lowest BCUT2D eigenvalue weighted by molar-refractivity contribution is 0.0827. The Morgan fingerprint density at radius 1 is 0.743 bits per heavy atom. The third kappa shape index (κ3) is 7.98. The van der Waals surface area contributed by atoms with E-state index in [9.17, 15) is 9.59 Å². The maximum absolute atomic E-state index is 13.0. The summed E-state index contributed by atoms with van der Waals surface area (Å²) in [5.74, 6) is 1.09. The molecule has 35 heavy (non-hydrogen) atoms. The van der Waals surface area contributed by atoms with Crippen LogP contribution in [0.4, 0.5) is 0 Å². The fraction of sp³-hybridized carbons (Fsp3) is 0.467. The van der Waals surface area contributed by atoms with E-state index in [0.717, 1.165) is 11.1 Å². The van der Waals surface area contributed by atoms with Crippen LogP contribution in [0.5, 0.6) is 11.5 Å². The molecule has 0 aromatic heterocycles. The van der Waals surface area contributed by atoms with Crippen LogP contribution in [0.15, 0.2) is 42.5 Å². The van der Waals surface area contributed by atoms with E-state index in [-0.39, 0.29) is 17.1 Å². The molecule has 0 aliphatic carbocycles. The van der Waals surface area contributed by atoms with E-state index in [1.807, 2.05) is 53.7 Å². The molecule has 0 N–H and O–H groups in total. The Labute approximate surface area is 211 Å². The monoisotopic (exact) mass is 479 g/mol. The molecule has 0 aliphatic heterocycles. The molecule has 190 valence electrons. The molecule has 5 nitrogen and oxygen atoms in total. The van der Waals surface area contributed by atoms with Crippen molar-refractivity contribution in [3.63, 3.8) is 0 Å². The summed E-state index contributed by atoms with van der Waals surface area (Å²) in [6.45, 7) is 18.4. The summed E-state index contributed by atoms with van der Waals surface area (Å²) in [5, 5.41) is 0. The topological polar surface area (TPSA) is 55.8 Å². The molecule has 0 radical (unpaired) electrons. The SMILES string of the molecule is CN(C)C(=O)c1ccc(C(=O)C=Cc2c(OC(C)(C)C)ccc(C(C)(C)C)c2OC(C)(C)C)cc1. The van der Waals surface area contributed by atoms with Crippen LogP contribution in [0.3, 0.4) is 0 Å². The predicted octanol–water partition coefficient (Wildman–Crippen LogP) is 6.94. The van der Waals surface area contributed by atoms with Crippen molar-refractivity contribution >= 4 is 17.8 Å². The standard InChI is InChI=1S/C30H41NO4/c1-28(2,3)23-17-19-25(34-29(4,5)6)22(26(23)35-30(7,8)9)16-18-24(32)20-12-14-21(15-13-20)27(33)31(10)11/h12-19H,1-11H3. The minimum Gasteiger partial charge on any atom is -0.487 e. The van der Waals surface area contributed by atoms with Crippen molar-refractivity contribution in [1.82, 2.24) is 4.90 Å². The minimum atomic E-state index is -0.443. The molecular weight excluding hydrogens is 438 g/mol. The number of carbonyl (C=O) groups excluding carboxylic acids is 2. The number of ether oxygens (including phenoxy) is 2. The van der Waals surface area contributed by atoms with Gasteiger partial charge in [0.15, 0.2) is 5.78 Å². The molecule has 5 heteroatoms. The number of allylic oxidation sites excluding steroid dienone is 1. The van der Waals surface area contributed by atoms with Crippen LogP contribution in [0.25, 0.3) is 6.08 Å². The van der Waals surface area contributed by atoms with Crippen LogP contribution in [-0.4, -0.2) is 41.9 Å². The van der Waals surface area contributed by atoms with E-state index in [2.05, 4.69) is 20.8 Å². The van der Waals surface area contributed by atoms with Crippen LogP contribution < -0.4 is 9.47 Å². The Hall–Kier alpha value is -3.08. The first kappa shape index (κ1) is 28.2. The Morgan fingerprint density at radius 3 is 1.71 bits per heavy atom. The van der Waals surface area contributed by atoms with Gasteiger partial charge in [0.05, 0.1) is 5.56 Å². The van der Waals surface area contributed by atoms with Crippen molar-refractivity contribution in [2.75, 3.05) is 14.1 Å². The highest BCUT2D eigenvalue weighted by Gasteiger charge is 2.27. The molecular formula is C30H41NO4. The number of ketones is 1. The maximum Gasteiger partial charge on any atom is 0.253 e. The first-order chi connectivity index (χ1) is 15.9. The molecule has 0 unspecified atom stereocenters. The number of hydrogen-bond acceptors (Lipinski definition) is 4. The molecule has 0 heterocycles. The van der Waals surface area contributed by atoms with Gasteiger partial charge >= 0.3 is 0 Å². The summed E-state index contributed by atoms with van der Waals surface area (Å²) in [4.78, 5) is 26.7. The van der Waals surface area contributed by atoms with Crippen LogP contribution in [0.2, 0.25) is 0 Å². The highest BCUT2D eigenvalue weighted by Crippen LogP contribution is 2.42. The van der Waals surface area contributed by atoms with Crippen LogP contribution >= 0.6 is 0 Å². The van der Waals surface area contributed by atoms with Crippen LogP contribution in [0, 0.1) is 0 Å². The van der Waals surface area contributed by atoms with E-state index in [1.165, 1.54) is 11.0 Å². The number of nitrogens with zero attached hydrogens (tertiary/aromatic N) is 1. The summed E-state index contributed by atoms with van der Waals surface area (Å²) < 4.78 is 12.7. The normalized spacial score (nSPS) is 12.5. The second kappa shape index (κ2) is 10.3. The molecule has 2 aromatic rings. The van der Waals surface area contributed by atoms with E-state index in [1.54, 1.807) is 44.4 Å². The number of hydrogen-bond donors (Lipinski definition) is 0. The molecule has 0 aliphatic rings. The Balaban J connectivity index is 2.58. The van der Waals surface area contributed by atoms with Gasteiger partial charge in [0, 0.05) is 30.8 Å². The third-order valence-electron chi connectivity index (χ3n) is 5.01. The Morgan fingerprint density at radius 2 is 1.26 bits per heavy atom. The van der Waals surface area contributed by atoms with Gasteiger partial charge in [-0.2, -0.15) is 0 Å². The lowest BCUT2D eigenvalue weighted by Crippen LogP contribution is -2.27. The molecule has 0 saturated heterocycles. The zero-order valence-corrected chi connectivity index (χ0v) is 23.2. The highest BCUT2D eigenvalue weighted by atomic mass is 16.5. The van der Waals surface area contributed by atoms with Crippen LogP contribution in [0.1, 0.15) is 94.2 Å². The second-order valence-electron chi connectivity index (χ2n) is 12.0. The lowest BCUT2D eigenvalue weighted by Gasteiger charge is -2.31. The van der Waals surface area contributed by atoms with Gasteiger partial charge in [-0.05, 0) is 77.3 Å². The zero-order chi connectivity index (χ0) is 26.8. The molecule has 1 amide bonds. The number of rotatable bonds is 6. The van der Waals surface area contributed by atoms with Gasteiger partial charge in [-0.25, -0.2) is 0 Å². The fourth-order valence-electron chi connectivity index (χ4n) is 3.46. The second-order valence-corrected chi connectivity index (χ2v) is 12.0. The maximum atomic E-state index is 13.0. The van der Waals surface area contributed by atoms with Gasteiger partial charge in [0.2, 0.25) is 0 Å². The van der Waals surface area contributed by atoms with E-state index < -0.39 is 11.2 Å². The van der Waals surface area contributed by atoms with Gasteiger partial charge < -0.3 is 14.4 Å². The van der Waals surface area contributed by atoms with Crippen molar-refractivity contribution in [2.45, 2.75) is 78.9 Å². The van der Waals surface area contributed by atoms with Crippen molar-refractivity contribution in [3.8, 4) is 11.5 Å². The molecule has 0 fully saturated rings. The van der Waals surface area contributed by atoms with Gasteiger partial charge in [-0.3, -0.25) is 9.59 Å². The summed E-state index contributed by atoms with van der Waals surface area (Å²) in [6.07, 6.45) is 3.31. The summed E-state index contributed by atoms with van der Waals surface area (Å²) in [5.41, 5.74) is 1.76. The molecule has 0 bridgehead atoms. The zero-order valence-electron chi connectivity index (χ0n) is 23.2. The van der Waals surface area contributed by atoms with Gasteiger partial charge in [0.25, 0.3) is 5.91 Å². The van der Waals surface area contributed by atoms with Crippen molar-refractivity contribution < 1.29 is 19.1 Å². The third-order valence-corrected chi connectivity index (χ3v) is 5.01. The molecule has 0 saturated carbocycles. The van der Waals surface area contributed by atoms with Crippen molar-refractivity contribution in [3.05, 3.63) is 64.7 Å². The quantitative estimate of drug-likeness (QED) is 0.333.